The molecule has 2 fully saturated rings. The summed E-state index contributed by atoms with van der Waals surface area (Å²) in [7, 11) is 0. The van der Waals surface area contributed by atoms with Gasteiger partial charge in [0, 0.05) is 43.8 Å². The Hall–Kier alpha value is -3.18. The van der Waals surface area contributed by atoms with Gasteiger partial charge < -0.3 is 20.9 Å². The third kappa shape index (κ3) is 4.30. The van der Waals surface area contributed by atoms with Crippen LogP contribution < -0.4 is 20.9 Å². The Bertz CT molecular complexity index is 894. The zero-order valence-electron chi connectivity index (χ0n) is 16.3. The lowest BCUT2D eigenvalue weighted by Crippen LogP contribution is -2.46. The number of benzene rings is 1. The van der Waals surface area contributed by atoms with Crippen LogP contribution in [0.5, 0.6) is 0 Å². The van der Waals surface area contributed by atoms with Crippen LogP contribution in [0.4, 0.5) is 16.2 Å². The Morgan fingerprint density at radius 1 is 1.14 bits per heavy atom. The molecule has 8 heteroatoms. The Kier molecular flexibility index (Phi) is 5.58. The number of hydrogen-bond acceptors (Lipinski definition) is 6. The van der Waals surface area contributed by atoms with Gasteiger partial charge in [0.25, 0.3) is 0 Å². The highest BCUT2D eigenvalue weighted by molar-refractivity contribution is 5.90. The molecule has 2 amide bonds. The summed E-state index contributed by atoms with van der Waals surface area (Å²) >= 11 is 0. The van der Waals surface area contributed by atoms with Gasteiger partial charge in [-0.05, 0) is 43.2 Å². The van der Waals surface area contributed by atoms with Gasteiger partial charge in [0.1, 0.15) is 6.07 Å². The molecule has 0 unspecified atom stereocenters. The van der Waals surface area contributed by atoms with Crippen molar-refractivity contribution in [2.75, 3.05) is 36.4 Å². The van der Waals surface area contributed by atoms with Gasteiger partial charge in [0.2, 0.25) is 5.82 Å². The van der Waals surface area contributed by atoms with Gasteiger partial charge in [0.05, 0.1) is 11.2 Å². The molecular weight excluding hydrogens is 366 g/mol. The van der Waals surface area contributed by atoms with Gasteiger partial charge in [-0.15, -0.1) is 0 Å². The van der Waals surface area contributed by atoms with E-state index >= 15 is 0 Å². The topological polar surface area (TPSA) is 106 Å². The highest BCUT2D eigenvalue weighted by atomic mass is 16.2. The zero-order chi connectivity index (χ0) is 20.1. The molecule has 2 aromatic rings. The predicted octanol–water partition coefficient (Wildman–Crippen LogP) is 2.35. The lowest BCUT2D eigenvalue weighted by atomic mass is 9.93. The molecule has 1 aromatic heterocycles. The molecule has 1 saturated carbocycles. The molecule has 1 aliphatic carbocycles. The van der Waals surface area contributed by atoms with Crippen LogP contribution >= 0.6 is 0 Å². The van der Waals surface area contributed by atoms with E-state index in [2.05, 4.69) is 30.8 Å². The molecule has 2 heterocycles. The van der Waals surface area contributed by atoms with Crippen molar-refractivity contribution in [1.29, 1.82) is 5.26 Å². The molecule has 2 aliphatic rings. The number of carbonyl (C=O) groups is 1. The summed E-state index contributed by atoms with van der Waals surface area (Å²) in [6.07, 6.45) is 5.18. The number of aromatic nitrogens is 2. The van der Waals surface area contributed by atoms with Crippen molar-refractivity contribution in [3.8, 4) is 6.07 Å². The minimum Gasteiger partial charge on any atom is -0.369 e. The quantitative estimate of drug-likeness (QED) is 0.739. The highest BCUT2D eigenvalue weighted by Gasteiger charge is 2.38. The molecule has 1 saturated heterocycles. The maximum atomic E-state index is 12.7. The lowest BCUT2D eigenvalue weighted by molar-refractivity contribution is 0.235. The van der Waals surface area contributed by atoms with Crippen LogP contribution in [0.2, 0.25) is 0 Å². The molecular formula is C21H25N7O. The first-order valence-electron chi connectivity index (χ1n) is 10.1. The number of hydrogen-bond donors (Lipinski definition) is 3. The first-order valence-corrected chi connectivity index (χ1v) is 10.1. The first kappa shape index (κ1) is 19.2. The standard InChI is InChI=1S/C21H25N7O/c22-15-19-24-10-7-18(26-19)21(8-1-2-9-21)27-20(29)25-16-3-5-17(6-4-16)28-13-11-23-12-14-28/h3-7,10,23H,1-2,8-9,11-14H2,(H2,25,27,29). The minimum absolute atomic E-state index is 0.125. The number of nitrogens with one attached hydrogen (secondary N) is 3. The maximum Gasteiger partial charge on any atom is 0.319 e. The third-order valence-electron chi connectivity index (χ3n) is 5.66. The smallest absolute Gasteiger partial charge is 0.319 e. The molecule has 0 bridgehead atoms. The second-order valence-electron chi connectivity index (χ2n) is 7.53. The molecule has 8 nitrogen and oxygen atoms in total. The molecule has 29 heavy (non-hydrogen) atoms. The van der Waals surface area contributed by atoms with Crippen molar-refractivity contribution in [2.24, 2.45) is 0 Å². The fourth-order valence-corrected chi connectivity index (χ4v) is 4.16. The van der Waals surface area contributed by atoms with Gasteiger partial charge in [-0.25, -0.2) is 14.8 Å². The Morgan fingerprint density at radius 2 is 1.86 bits per heavy atom. The molecule has 4 rings (SSSR count). The second-order valence-corrected chi connectivity index (χ2v) is 7.53. The minimum atomic E-state index is -0.556. The largest absolute Gasteiger partial charge is 0.369 e. The summed E-state index contributed by atoms with van der Waals surface area (Å²) in [5.41, 5.74) is 2.05. The van der Waals surface area contributed by atoms with Gasteiger partial charge in [-0.2, -0.15) is 5.26 Å². The van der Waals surface area contributed by atoms with E-state index in [4.69, 9.17) is 5.26 Å². The van der Waals surface area contributed by atoms with E-state index in [1.165, 1.54) is 0 Å². The number of amides is 2. The van der Waals surface area contributed by atoms with Crippen molar-refractivity contribution < 1.29 is 4.79 Å². The Labute approximate surface area is 170 Å². The first-order chi connectivity index (χ1) is 14.2. The summed E-state index contributed by atoms with van der Waals surface area (Å²) in [6, 6.07) is 11.4. The van der Waals surface area contributed by atoms with Gasteiger partial charge in [-0.3, -0.25) is 0 Å². The number of nitriles is 1. The summed E-state index contributed by atoms with van der Waals surface area (Å²) in [5.74, 6) is 0.125. The molecule has 0 radical (unpaired) electrons. The van der Waals surface area contributed by atoms with Gasteiger partial charge in [0.15, 0.2) is 0 Å². The van der Waals surface area contributed by atoms with Crippen LogP contribution in [0.15, 0.2) is 36.5 Å². The molecule has 1 aromatic carbocycles. The average molecular weight is 391 g/mol. The van der Waals surface area contributed by atoms with E-state index in [9.17, 15) is 4.79 Å². The molecule has 1 aliphatic heterocycles. The fraction of sp³-hybridized carbons (Fsp3) is 0.429. The number of carbonyl (C=O) groups excluding carboxylic acids is 1. The van der Waals surface area contributed by atoms with Crippen LogP contribution in [0, 0.1) is 11.3 Å². The molecule has 3 N–H and O–H groups in total. The van der Waals surface area contributed by atoms with E-state index < -0.39 is 5.54 Å². The van der Waals surface area contributed by atoms with Gasteiger partial charge >= 0.3 is 6.03 Å². The van der Waals surface area contributed by atoms with Crippen molar-refractivity contribution in [3.63, 3.8) is 0 Å². The third-order valence-corrected chi connectivity index (χ3v) is 5.66. The van der Waals surface area contributed by atoms with Crippen LogP contribution in [-0.4, -0.2) is 42.2 Å². The van der Waals surface area contributed by atoms with Crippen molar-refractivity contribution in [2.45, 2.75) is 31.2 Å². The van der Waals surface area contributed by atoms with Crippen LogP contribution in [0.1, 0.15) is 37.2 Å². The molecule has 0 spiro atoms. The van der Waals surface area contributed by atoms with E-state index in [1.54, 1.807) is 12.3 Å². The number of piperazine rings is 1. The average Bonchev–Trinajstić information content (AvgIpc) is 3.24. The normalized spacial score (nSPS) is 18.1. The van der Waals surface area contributed by atoms with E-state index in [1.807, 2.05) is 30.3 Å². The Morgan fingerprint density at radius 3 is 2.55 bits per heavy atom. The SMILES string of the molecule is N#Cc1nccc(C2(NC(=O)Nc3ccc(N4CCNCC4)cc3)CCCC2)n1. The number of urea groups is 1. The van der Waals surface area contributed by atoms with E-state index in [0.29, 0.717) is 5.69 Å². The van der Waals surface area contributed by atoms with Crippen LogP contribution in [-0.2, 0) is 5.54 Å². The Balaban J connectivity index is 1.44. The number of anilines is 2. The number of rotatable bonds is 4. The lowest BCUT2D eigenvalue weighted by Gasteiger charge is -2.30. The van der Waals surface area contributed by atoms with E-state index in [0.717, 1.165) is 63.2 Å². The number of nitrogens with zero attached hydrogens (tertiary/aromatic N) is 4. The zero-order valence-corrected chi connectivity index (χ0v) is 16.3. The van der Waals surface area contributed by atoms with Crippen molar-refractivity contribution >= 4 is 17.4 Å². The van der Waals surface area contributed by atoms with Crippen molar-refractivity contribution in [1.82, 2.24) is 20.6 Å². The second kappa shape index (κ2) is 8.45. The molecule has 0 atom stereocenters. The van der Waals surface area contributed by atoms with Gasteiger partial charge in [-0.1, -0.05) is 12.8 Å². The highest BCUT2D eigenvalue weighted by Crippen LogP contribution is 2.37. The molecule has 150 valence electrons. The van der Waals surface area contributed by atoms with E-state index in [-0.39, 0.29) is 11.9 Å². The maximum absolute atomic E-state index is 12.7. The summed E-state index contributed by atoms with van der Waals surface area (Å²) < 4.78 is 0. The summed E-state index contributed by atoms with van der Waals surface area (Å²) in [6.45, 7) is 3.95. The predicted molar refractivity (Wildman–Crippen MR) is 111 cm³/mol. The fourth-order valence-electron chi connectivity index (χ4n) is 4.16. The van der Waals surface area contributed by atoms with Crippen LogP contribution in [0.3, 0.4) is 0 Å². The van der Waals surface area contributed by atoms with Crippen molar-refractivity contribution in [3.05, 3.63) is 48.0 Å². The summed E-state index contributed by atoms with van der Waals surface area (Å²) in [5, 5.41) is 18.5. The monoisotopic (exact) mass is 391 g/mol. The summed E-state index contributed by atoms with van der Waals surface area (Å²) in [4.78, 5) is 23.4. The van der Waals surface area contributed by atoms with Crippen LogP contribution in [0.25, 0.3) is 0 Å².